The Labute approximate surface area is 678 Å². The Hall–Kier alpha value is -10.4. The molecule has 0 aliphatic carbocycles. The molecule has 2 aliphatic heterocycles. The maximum Gasteiger partial charge on any atom is 0.323 e. The van der Waals surface area contributed by atoms with Crippen LogP contribution in [0.2, 0.25) is 25.1 Å². The first-order valence-electron chi connectivity index (χ1n) is 35.5. The van der Waals surface area contributed by atoms with E-state index >= 15 is 0 Å². The lowest BCUT2D eigenvalue weighted by molar-refractivity contribution is 0.0777. The second kappa shape index (κ2) is 34.9. The van der Waals surface area contributed by atoms with Gasteiger partial charge in [-0.2, -0.15) is 28.8 Å². The van der Waals surface area contributed by atoms with E-state index in [1.54, 1.807) is 108 Å². The number of benzene rings is 6. The van der Waals surface area contributed by atoms with Crippen molar-refractivity contribution < 1.29 is 31.2 Å². The second-order valence-corrected chi connectivity index (χ2v) is 33.2. The summed E-state index contributed by atoms with van der Waals surface area (Å²) in [6.07, 6.45) is 12.6. The summed E-state index contributed by atoms with van der Waals surface area (Å²) in [7, 11) is 6.41. The number of anilines is 7. The quantitative estimate of drug-likeness (QED) is 0.0351. The highest BCUT2D eigenvalue weighted by molar-refractivity contribution is 7.93. The summed E-state index contributed by atoms with van der Waals surface area (Å²) in [4.78, 5) is 64.6. The van der Waals surface area contributed by atoms with Crippen LogP contribution >= 0.6 is 58.0 Å². The van der Waals surface area contributed by atoms with Crippen LogP contribution in [0.25, 0.3) is 50.3 Å². The number of likely N-dealkylation sites (tertiary alicyclic amines) is 2. The summed E-state index contributed by atoms with van der Waals surface area (Å²) in [5.74, 6) is 0.853. The van der Waals surface area contributed by atoms with Crippen LogP contribution in [0.3, 0.4) is 0 Å². The summed E-state index contributed by atoms with van der Waals surface area (Å²) in [5, 5.41) is 19.7. The number of hydrogen-bond acceptors (Lipinski definition) is 20. The number of nitrogens with two attached hydrogens (primary N) is 3. The molecule has 2 saturated heterocycles. The largest absolute Gasteiger partial charge is 0.383 e. The monoisotopic (exact) mass is 1670 g/mol. The van der Waals surface area contributed by atoms with E-state index in [9.17, 15) is 31.2 Å². The Morgan fingerprint density at radius 1 is 0.496 bits per heavy atom. The molecule has 8 heterocycles. The predicted octanol–water partition coefficient (Wildman–Crippen LogP) is 12.7. The minimum absolute atomic E-state index is 0.0198. The number of sulfonamides is 2. The fraction of sp³-hybridized carbons (Fsp3) is 0.260. The molecule has 6 aromatic carbocycles. The molecule has 2 atom stereocenters. The third kappa shape index (κ3) is 18.5. The summed E-state index contributed by atoms with van der Waals surface area (Å²) in [5.41, 5.74) is 29.3. The average molecular weight is 1670 g/mol. The molecule has 29 nitrogen and oxygen atoms in total. The smallest absolute Gasteiger partial charge is 0.323 e. The topological polar surface area (TPSA) is 356 Å². The van der Waals surface area contributed by atoms with Crippen LogP contribution in [-0.2, 0) is 26.6 Å². The van der Waals surface area contributed by atoms with Crippen molar-refractivity contribution in [2.45, 2.75) is 54.6 Å². The molecule has 2 unspecified atom stereocenters. The number of aromatic nitrogens is 9. The van der Waals surface area contributed by atoms with Gasteiger partial charge in [0.05, 0.1) is 55.1 Å². The Morgan fingerprint density at radius 2 is 0.991 bits per heavy atom. The van der Waals surface area contributed by atoms with E-state index in [4.69, 9.17) is 75.2 Å². The number of carbonyl (C=O) groups is 3. The number of aryl methyl sites for hydroxylation is 1. The highest BCUT2D eigenvalue weighted by Crippen LogP contribution is 2.38. The normalized spacial score (nSPS) is 14.5. The molecule has 12 aromatic rings. The molecule has 0 spiro atoms. The van der Waals surface area contributed by atoms with Crippen molar-refractivity contribution in [2.75, 3.05) is 126 Å². The number of nitrogen functional groups attached to an aromatic ring is 3. The fourth-order valence-electron chi connectivity index (χ4n) is 13.2. The Kier molecular flexibility index (Phi) is 25.3. The van der Waals surface area contributed by atoms with E-state index < -0.39 is 26.1 Å². The molecule has 0 radical (unpaired) electrons. The van der Waals surface area contributed by atoms with E-state index in [0.29, 0.717) is 151 Å². The summed E-state index contributed by atoms with van der Waals surface area (Å²) >= 11 is 30.8. The van der Waals surface area contributed by atoms with Gasteiger partial charge in [-0.25, -0.2) is 36.6 Å². The number of fused-ring (bicyclic) bond motifs is 3. The van der Waals surface area contributed by atoms with Crippen LogP contribution in [0.1, 0.15) is 51.1 Å². The molecule has 4 amide bonds. The summed E-state index contributed by atoms with van der Waals surface area (Å²) in [6.45, 7) is 7.28. The highest BCUT2D eigenvalue weighted by Gasteiger charge is 2.33. The van der Waals surface area contributed by atoms with Crippen LogP contribution in [0.4, 0.5) is 45.0 Å². The second-order valence-electron chi connectivity index (χ2n) is 27.9. The van der Waals surface area contributed by atoms with Gasteiger partial charge < -0.3 is 57.2 Å². The molecule has 590 valence electrons. The van der Waals surface area contributed by atoms with Crippen molar-refractivity contribution in [1.82, 2.24) is 73.2 Å². The molecule has 6 aromatic heterocycles. The number of amides is 4. The zero-order valence-corrected chi connectivity index (χ0v) is 68.2. The summed E-state index contributed by atoms with van der Waals surface area (Å²) < 4.78 is 60.7. The fourth-order valence-corrected chi connectivity index (χ4v) is 17.0. The van der Waals surface area contributed by atoms with Crippen LogP contribution in [0.5, 0.6) is 0 Å². The number of urea groups is 1. The third-order valence-electron chi connectivity index (χ3n) is 19.4. The van der Waals surface area contributed by atoms with E-state index in [2.05, 4.69) is 91.1 Å². The van der Waals surface area contributed by atoms with Gasteiger partial charge in [-0.05, 0) is 178 Å². The molecular weight excluding hydrogens is 1590 g/mol. The molecule has 2 fully saturated rings. The van der Waals surface area contributed by atoms with Gasteiger partial charge >= 0.3 is 6.03 Å². The molecule has 36 heteroatoms. The Balaban J connectivity index is 0.000000157. The Morgan fingerprint density at radius 3 is 1.57 bits per heavy atom. The maximum absolute atomic E-state index is 13.2. The number of hydrogen-bond donors (Lipinski definition) is 7. The van der Waals surface area contributed by atoms with Gasteiger partial charge in [-0.3, -0.25) is 19.0 Å². The van der Waals surface area contributed by atoms with E-state index in [1.807, 2.05) is 57.0 Å². The minimum atomic E-state index is -3.96. The molecule has 0 bridgehead atoms. The lowest BCUT2D eigenvalue weighted by atomic mass is 10.0. The standard InChI is InChI=1S/C27H29ClN8O2.C25H25Cl2N7O3S.C25H29Cl2N7O2S/c1-16-12-17(32-27(38)33-23-7-5-4-6-22(23)28)8-9-19(16)20-13-30-25-21(14-31-36(25)24(20)29)26(37)35-11-10-18(15-35)34(2)3;1-32(2)17-10-11-33(14-17)25(35)19-13-30-34-23(28)18(12-29-24(19)34)15-6-8-16(9-7-15)31-38(36,37)21-5-3-4-20(26)22(21)27;1-32(2)11-6-12-33(3)16-17-14-30-34-24(28)20(15-29-25(17)34)19-10-9-18(13-22(19)27)31-37(35,36)23-8-5-4-7-21(23)26/h4-9,12-14,18H,10-11,15,29H2,1-3H3,(H2,32,33,38);3-9,12-13,17,31H,10-11,14,28H2,1-2H3;4-5,7-10,13-15,31H,6,11-12,16,28H2,1-3H3. The predicted molar refractivity (Wildman–Crippen MR) is 447 cm³/mol. The van der Waals surface area contributed by atoms with Gasteiger partial charge in [0.15, 0.2) is 16.9 Å². The van der Waals surface area contributed by atoms with Crippen molar-refractivity contribution in [1.29, 1.82) is 0 Å². The third-order valence-corrected chi connectivity index (χ3v) is 24.2. The average Bonchev–Trinajstić information content (AvgIpc) is 1.51. The first-order valence-corrected chi connectivity index (χ1v) is 40.4. The van der Waals surface area contributed by atoms with Crippen LogP contribution in [-0.4, -0.2) is 209 Å². The lowest BCUT2D eigenvalue weighted by Crippen LogP contribution is -2.34. The number of nitrogens with zero attached hydrogens (tertiary/aromatic N) is 15. The number of nitrogens with one attached hydrogen (secondary N) is 4. The van der Waals surface area contributed by atoms with Crippen LogP contribution in [0.15, 0.2) is 174 Å². The number of halogens is 5. The lowest BCUT2D eigenvalue weighted by Gasteiger charge is -2.20. The molecule has 113 heavy (non-hydrogen) atoms. The van der Waals surface area contributed by atoms with Crippen molar-refractivity contribution >= 4 is 153 Å². The van der Waals surface area contributed by atoms with Gasteiger partial charge in [0.1, 0.15) is 38.4 Å². The number of likely N-dealkylation sites (N-methyl/N-ethyl adjacent to an activating group) is 2. The Bertz CT molecular complexity index is 5810. The number of para-hydroxylation sites is 1. The maximum atomic E-state index is 13.2. The first kappa shape index (κ1) is 82.0. The van der Waals surface area contributed by atoms with Crippen molar-refractivity contribution in [3.05, 3.63) is 212 Å². The van der Waals surface area contributed by atoms with Gasteiger partial charge in [0.25, 0.3) is 31.9 Å². The van der Waals surface area contributed by atoms with Gasteiger partial charge in [0.2, 0.25) is 0 Å². The number of rotatable bonds is 21. The minimum Gasteiger partial charge on any atom is -0.383 e. The molecular formula is C77H83Cl5N22O7S2. The summed E-state index contributed by atoms with van der Waals surface area (Å²) in [6, 6.07) is 34.8. The highest BCUT2D eigenvalue weighted by atomic mass is 35.5. The zero-order chi connectivity index (χ0) is 80.9. The van der Waals surface area contributed by atoms with Crippen molar-refractivity contribution in [3.8, 4) is 33.4 Å². The van der Waals surface area contributed by atoms with Gasteiger partial charge in [-0.1, -0.05) is 113 Å². The van der Waals surface area contributed by atoms with Gasteiger partial charge in [-0.15, -0.1) is 0 Å². The number of carbonyl (C=O) groups excluding carboxylic acids is 3. The SMILES string of the molecule is CN(C)C1CCN(C(=O)c2cnn3c(N)c(-c4ccc(NS(=O)(=O)c5cccc(Cl)c5Cl)cc4)cnc23)C1.CN(C)CCCN(C)Cc1cnn2c(N)c(-c3ccc(NS(=O)(=O)c4ccccc4Cl)cc3Cl)cnc12.Cc1cc(NC(=O)Nc2ccccc2Cl)ccc1-c1cnc2c(C(=O)N3CCC(N(C)C)C3)cnn2c1N. The van der Waals surface area contributed by atoms with E-state index in [1.165, 1.54) is 57.8 Å². The molecule has 0 saturated carbocycles. The van der Waals surface area contributed by atoms with Gasteiger partial charge in [0, 0.05) is 103 Å². The molecule has 14 rings (SSSR count). The van der Waals surface area contributed by atoms with Crippen molar-refractivity contribution in [3.63, 3.8) is 0 Å². The van der Waals surface area contributed by atoms with E-state index in [0.717, 1.165) is 49.0 Å². The first-order chi connectivity index (χ1) is 53.9. The van der Waals surface area contributed by atoms with Crippen LogP contribution in [0, 0.1) is 6.92 Å². The zero-order valence-electron chi connectivity index (χ0n) is 62.8. The van der Waals surface area contributed by atoms with Crippen LogP contribution < -0.4 is 37.3 Å². The van der Waals surface area contributed by atoms with E-state index in [-0.39, 0.29) is 36.7 Å². The molecule has 10 N–H and O–H groups in total. The molecule has 2 aliphatic rings. The van der Waals surface area contributed by atoms with Crippen molar-refractivity contribution in [2.24, 2.45) is 0 Å².